The number of benzene rings is 2. The number of carbonyl (C=O) groups is 2. The van der Waals surface area contributed by atoms with E-state index in [1.54, 1.807) is 30.0 Å². The van der Waals surface area contributed by atoms with Crippen molar-refractivity contribution in [3.05, 3.63) is 76.1 Å². The smallest absolute Gasteiger partial charge is 0.409 e. The first-order valence-electron chi connectivity index (χ1n) is 12.5. The molecule has 9 nitrogen and oxygen atoms in total. The largest absolute Gasteiger partial charge is 0.465 e. The molecule has 0 atom stereocenters. The summed E-state index contributed by atoms with van der Waals surface area (Å²) >= 11 is 0. The van der Waals surface area contributed by atoms with Crippen LogP contribution in [0.5, 0.6) is 0 Å². The normalized spacial score (nSPS) is 13.2. The highest BCUT2D eigenvalue weighted by molar-refractivity contribution is 5.96. The lowest BCUT2D eigenvalue weighted by atomic mass is 10.0. The van der Waals surface area contributed by atoms with E-state index >= 15 is 0 Å². The van der Waals surface area contributed by atoms with Crippen LogP contribution in [0.3, 0.4) is 0 Å². The minimum atomic E-state index is -1.12. The molecule has 1 aliphatic rings. The highest BCUT2D eigenvalue weighted by Gasteiger charge is 2.31. The second kappa shape index (κ2) is 11.4. The third-order valence-corrected chi connectivity index (χ3v) is 6.49. The van der Waals surface area contributed by atoms with Crippen LogP contribution < -0.4 is 16.0 Å². The van der Waals surface area contributed by atoms with Gasteiger partial charge in [-0.15, -0.1) is 0 Å². The van der Waals surface area contributed by atoms with Gasteiger partial charge in [-0.05, 0) is 79.8 Å². The predicted molar refractivity (Wildman–Crippen MR) is 145 cm³/mol. The molecule has 1 fully saturated rings. The summed E-state index contributed by atoms with van der Waals surface area (Å²) in [4.78, 5) is 34.7. The lowest BCUT2D eigenvalue weighted by Crippen LogP contribution is -2.60. The molecular formula is C28H34N6O3. The molecule has 0 bridgehead atoms. The average molecular weight is 503 g/mol. The van der Waals surface area contributed by atoms with Crippen molar-refractivity contribution in [2.24, 2.45) is 0 Å². The van der Waals surface area contributed by atoms with Crippen LogP contribution in [0, 0.1) is 20.8 Å². The maximum atomic E-state index is 12.8. The van der Waals surface area contributed by atoms with Crippen molar-refractivity contribution in [1.82, 2.24) is 20.2 Å². The Labute approximate surface area is 217 Å². The number of aryl methyl sites for hydroxylation is 4. The molecule has 4 rings (SSSR count). The number of aromatic nitrogens is 2. The van der Waals surface area contributed by atoms with E-state index in [1.165, 1.54) is 11.1 Å². The molecule has 4 N–H and O–H groups in total. The topological polar surface area (TPSA) is 119 Å². The van der Waals surface area contributed by atoms with Crippen molar-refractivity contribution in [3.63, 3.8) is 0 Å². The maximum Gasteiger partial charge on any atom is 0.409 e. The van der Waals surface area contributed by atoms with Crippen molar-refractivity contribution in [3.8, 4) is 0 Å². The summed E-state index contributed by atoms with van der Waals surface area (Å²) in [5, 5.41) is 18.1. The van der Waals surface area contributed by atoms with Crippen LogP contribution in [-0.2, 0) is 12.8 Å². The Morgan fingerprint density at radius 2 is 1.81 bits per heavy atom. The summed E-state index contributed by atoms with van der Waals surface area (Å²) in [5.74, 6) is 0.548. The second-order valence-electron chi connectivity index (χ2n) is 9.59. The Balaban J connectivity index is 1.28. The number of carboxylic acid groups (broad SMARTS) is 1. The minimum absolute atomic E-state index is 0.0470. The van der Waals surface area contributed by atoms with Gasteiger partial charge in [0.15, 0.2) is 0 Å². The molecule has 9 heteroatoms. The van der Waals surface area contributed by atoms with Gasteiger partial charge in [0.2, 0.25) is 5.95 Å². The Kier molecular flexibility index (Phi) is 8.03. The first-order chi connectivity index (χ1) is 17.7. The number of likely N-dealkylation sites (tertiary alicyclic amines) is 1. The molecule has 2 aromatic carbocycles. The molecule has 0 aliphatic carbocycles. The van der Waals surface area contributed by atoms with E-state index in [-0.39, 0.29) is 11.9 Å². The highest BCUT2D eigenvalue weighted by atomic mass is 16.4. The number of carbonyl (C=O) groups excluding carboxylic acids is 1. The number of nitrogens with one attached hydrogen (secondary N) is 3. The molecule has 2 heterocycles. The summed E-state index contributed by atoms with van der Waals surface area (Å²) < 4.78 is 0. The maximum absolute atomic E-state index is 12.8. The van der Waals surface area contributed by atoms with E-state index in [0.29, 0.717) is 35.9 Å². The van der Waals surface area contributed by atoms with Crippen molar-refractivity contribution in [2.75, 3.05) is 30.3 Å². The van der Waals surface area contributed by atoms with Crippen LogP contribution in [0.25, 0.3) is 0 Å². The molecule has 3 aromatic rings. The fourth-order valence-electron chi connectivity index (χ4n) is 4.59. The highest BCUT2D eigenvalue weighted by Crippen LogP contribution is 2.21. The van der Waals surface area contributed by atoms with E-state index in [0.717, 1.165) is 36.3 Å². The third kappa shape index (κ3) is 6.62. The molecule has 1 aliphatic heterocycles. The monoisotopic (exact) mass is 502 g/mol. The van der Waals surface area contributed by atoms with Gasteiger partial charge in [-0.25, -0.2) is 14.8 Å². The number of hydrogen-bond acceptors (Lipinski definition) is 6. The Morgan fingerprint density at radius 1 is 1.08 bits per heavy atom. The van der Waals surface area contributed by atoms with E-state index in [1.807, 2.05) is 6.20 Å². The van der Waals surface area contributed by atoms with E-state index in [9.17, 15) is 9.59 Å². The zero-order valence-corrected chi connectivity index (χ0v) is 21.8. The fraction of sp³-hybridized carbons (Fsp3) is 0.357. The Morgan fingerprint density at radius 3 is 2.46 bits per heavy atom. The van der Waals surface area contributed by atoms with Gasteiger partial charge in [-0.2, -0.15) is 0 Å². The summed E-state index contributed by atoms with van der Waals surface area (Å²) in [5.41, 5.74) is 7.27. The molecule has 1 aromatic heterocycles. The number of nitrogens with zero attached hydrogens (tertiary/aromatic N) is 3. The van der Waals surface area contributed by atoms with Crippen molar-refractivity contribution >= 4 is 29.3 Å². The number of anilines is 3. The van der Waals surface area contributed by atoms with Crippen molar-refractivity contribution < 1.29 is 14.7 Å². The van der Waals surface area contributed by atoms with Gasteiger partial charge in [-0.1, -0.05) is 13.0 Å². The van der Waals surface area contributed by atoms with Crippen LogP contribution >= 0.6 is 0 Å². The van der Waals surface area contributed by atoms with Gasteiger partial charge in [-0.3, -0.25) is 10.1 Å². The molecule has 0 radical (unpaired) electrons. The number of hydrogen-bond donors (Lipinski definition) is 4. The standard InChI is InChI=1S/C28H34N6O3/c1-5-20-14-30-27(31-22-11-17(2)10-18(3)12-22)32-25(20)8-9-29-23-15-34(16-23)26(35)21-6-7-24(19(4)13-21)33-28(36)37/h6-7,10-14,23,29,33H,5,8-9,15-16H2,1-4H3,(H,36,37)(H,30,31,32). The number of rotatable bonds is 9. The molecule has 2 amide bonds. The Hall–Kier alpha value is -3.98. The predicted octanol–water partition coefficient (Wildman–Crippen LogP) is 4.45. The minimum Gasteiger partial charge on any atom is -0.465 e. The summed E-state index contributed by atoms with van der Waals surface area (Å²) in [7, 11) is 0. The third-order valence-electron chi connectivity index (χ3n) is 6.49. The first-order valence-corrected chi connectivity index (χ1v) is 12.5. The molecule has 0 saturated carbocycles. The van der Waals surface area contributed by atoms with Crippen LogP contribution in [0.15, 0.2) is 42.6 Å². The zero-order valence-electron chi connectivity index (χ0n) is 21.8. The van der Waals surface area contributed by atoms with Gasteiger partial charge in [0.05, 0.1) is 5.69 Å². The second-order valence-corrected chi connectivity index (χ2v) is 9.59. The fourth-order valence-corrected chi connectivity index (χ4v) is 4.59. The lowest BCUT2D eigenvalue weighted by Gasteiger charge is -2.40. The van der Waals surface area contributed by atoms with Crippen molar-refractivity contribution in [2.45, 2.75) is 46.6 Å². The molecule has 194 valence electrons. The Bertz CT molecular complexity index is 1280. The van der Waals surface area contributed by atoms with Crippen LogP contribution in [0.1, 0.15) is 45.2 Å². The van der Waals surface area contributed by atoms with Crippen molar-refractivity contribution in [1.29, 1.82) is 0 Å². The van der Waals surface area contributed by atoms with Crippen LogP contribution in [0.4, 0.5) is 22.1 Å². The summed E-state index contributed by atoms with van der Waals surface area (Å²) in [6, 6.07) is 11.5. The first kappa shape index (κ1) is 26.1. The molecule has 37 heavy (non-hydrogen) atoms. The lowest BCUT2D eigenvalue weighted by molar-refractivity contribution is 0.0568. The van der Waals surface area contributed by atoms with E-state index < -0.39 is 6.09 Å². The summed E-state index contributed by atoms with van der Waals surface area (Å²) in [6.07, 6.45) is 2.41. The molecule has 0 spiro atoms. The van der Waals surface area contributed by atoms with Gasteiger partial charge in [0, 0.05) is 55.2 Å². The summed E-state index contributed by atoms with van der Waals surface area (Å²) in [6.45, 7) is 10.1. The average Bonchev–Trinajstić information content (AvgIpc) is 2.80. The van der Waals surface area contributed by atoms with Crippen LogP contribution in [-0.4, -0.2) is 57.7 Å². The quantitative estimate of drug-likeness (QED) is 0.341. The van der Waals surface area contributed by atoms with Crippen LogP contribution in [0.2, 0.25) is 0 Å². The van der Waals surface area contributed by atoms with E-state index in [4.69, 9.17) is 10.1 Å². The molecule has 1 saturated heterocycles. The van der Waals surface area contributed by atoms with Gasteiger partial charge in [0.25, 0.3) is 5.91 Å². The van der Waals surface area contributed by atoms with Gasteiger partial charge < -0.3 is 20.6 Å². The SMILES string of the molecule is CCc1cnc(Nc2cc(C)cc(C)c2)nc1CCNC1CN(C(=O)c2ccc(NC(=O)O)c(C)c2)C1. The van der Waals surface area contributed by atoms with Gasteiger partial charge >= 0.3 is 6.09 Å². The van der Waals surface area contributed by atoms with E-state index in [2.05, 4.69) is 59.9 Å². The molecular weight excluding hydrogens is 468 g/mol. The zero-order chi connectivity index (χ0) is 26.5. The molecule has 0 unspecified atom stereocenters. The van der Waals surface area contributed by atoms with Gasteiger partial charge in [0.1, 0.15) is 0 Å². The number of amides is 2.